The molecule has 0 N–H and O–H groups in total. The highest BCUT2D eigenvalue weighted by molar-refractivity contribution is 6.02. The zero-order valence-corrected chi connectivity index (χ0v) is 6.69. The van der Waals surface area contributed by atoms with Crippen LogP contribution < -0.4 is 0 Å². The van der Waals surface area contributed by atoms with Crippen molar-refractivity contribution < 1.29 is 4.42 Å². The van der Waals surface area contributed by atoms with Crippen LogP contribution in [0.5, 0.6) is 0 Å². The van der Waals surface area contributed by atoms with Crippen molar-refractivity contribution >= 4 is 21.8 Å². The molecule has 13 heavy (non-hydrogen) atoms. The third kappa shape index (κ3) is 0.839. The van der Waals surface area contributed by atoms with Gasteiger partial charge in [0.2, 0.25) is 0 Å². The van der Waals surface area contributed by atoms with E-state index in [2.05, 4.69) is 16.3 Å². The van der Waals surface area contributed by atoms with Gasteiger partial charge in [-0.25, -0.2) is 0 Å². The molecule has 3 aromatic rings. The van der Waals surface area contributed by atoms with E-state index >= 15 is 0 Å². The second-order valence-corrected chi connectivity index (χ2v) is 2.80. The van der Waals surface area contributed by atoms with E-state index in [1.165, 1.54) is 0 Å². The quantitative estimate of drug-likeness (QED) is 0.517. The Morgan fingerprint density at radius 3 is 3.15 bits per heavy atom. The highest BCUT2D eigenvalue weighted by Gasteiger charge is 2.03. The average Bonchev–Trinajstić information content (AvgIpc) is 2.65. The number of hydrogen-bond acceptors (Lipinski definition) is 3. The molecule has 0 aliphatic carbocycles. The van der Waals surface area contributed by atoms with Crippen molar-refractivity contribution in [2.24, 2.45) is 0 Å². The topological polar surface area (TPSA) is 38.9 Å². The number of nitrogens with zero attached hydrogens (tertiary/aromatic N) is 2. The van der Waals surface area contributed by atoms with Crippen LogP contribution in [0, 0.1) is 6.07 Å². The fourth-order valence-corrected chi connectivity index (χ4v) is 1.40. The van der Waals surface area contributed by atoms with E-state index < -0.39 is 0 Å². The van der Waals surface area contributed by atoms with E-state index in [-0.39, 0.29) is 0 Å². The number of benzene rings is 1. The van der Waals surface area contributed by atoms with Crippen LogP contribution in [-0.4, -0.2) is 10.2 Å². The Hall–Kier alpha value is -1.90. The summed E-state index contributed by atoms with van der Waals surface area (Å²) in [5, 5.41) is 10.0. The molecule has 2 aromatic heterocycles. The van der Waals surface area contributed by atoms with Gasteiger partial charge in [-0.3, -0.25) is 0 Å². The second kappa shape index (κ2) is 2.29. The molecule has 0 atom stereocenters. The summed E-state index contributed by atoms with van der Waals surface area (Å²) < 4.78 is 5.06. The maximum absolute atomic E-state index is 5.06. The molecule has 3 nitrogen and oxygen atoms in total. The normalized spacial score (nSPS) is 11.1. The molecule has 0 amide bonds. The molecule has 1 aromatic carbocycles. The van der Waals surface area contributed by atoms with Crippen LogP contribution in [0.3, 0.4) is 0 Å². The van der Waals surface area contributed by atoms with Crippen LogP contribution in [-0.2, 0) is 0 Å². The second-order valence-electron chi connectivity index (χ2n) is 2.80. The summed E-state index contributed by atoms with van der Waals surface area (Å²) in [4.78, 5) is 0. The monoisotopic (exact) mass is 169 g/mol. The van der Waals surface area contributed by atoms with E-state index in [4.69, 9.17) is 4.42 Å². The van der Waals surface area contributed by atoms with Crippen LogP contribution in [0.2, 0.25) is 0 Å². The molecule has 61 valence electrons. The summed E-state index contributed by atoms with van der Waals surface area (Å²) in [5.74, 6) is 0. The zero-order valence-electron chi connectivity index (χ0n) is 6.69. The minimum absolute atomic E-state index is 0.774. The molecule has 0 unspecified atom stereocenters. The van der Waals surface area contributed by atoms with E-state index in [1.54, 1.807) is 12.5 Å². The zero-order chi connectivity index (χ0) is 8.67. The first-order valence-electron chi connectivity index (χ1n) is 3.94. The Labute approximate surface area is 74.0 Å². The third-order valence-corrected chi connectivity index (χ3v) is 2.02. The van der Waals surface area contributed by atoms with Crippen molar-refractivity contribution in [1.82, 2.24) is 10.2 Å². The molecule has 0 bridgehead atoms. The van der Waals surface area contributed by atoms with E-state index in [0.29, 0.717) is 0 Å². The molecule has 0 spiro atoms. The summed E-state index contributed by atoms with van der Waals surface area (Å²) in [5.41, 5.74) is 1.56. The molecule has 0 saturated carbocycles. The van der Waals surface area contributed by atoms with Gasteiger partial charge in [-0.2, -0.15) is 0 Å². The Balaban J connectivity index is 2.65. The molecule has 0 aliphatic heterocycles. The van der Waals surface area contributed by atoms with Gasteiger partial charge in [0.25, 0.3) is 0 Å². The van der Waals surface area contributed by atoms with Gasteiger partial charge < -0.3 is 4.42 Å². The van der Waals surface area contributed by atoms with E-state index in [1.807, 2.05) is 18.2 Å². The summed E-state index contributed by atoms with van der Waals surface area (Å²) in [6.45, 7) is 0. The summed E-state index contributed by atoms with van der Waals surface area (Å²) in [6.07, 6.45) is 3.27. The first-order valence-corrected chi connectivity index (χ1v) is 3.94. The number of fused-ring (bicyclic) bond motifs is 3. The smallest absolute Gasteiger partial charge is 0.132 e. The maximum atomic E-state index is 5.06. The Morgan fingerprint density at radius 1 is 1.15 bits per heavy atom. The van der Waals surface area contributed by atoms with Crippen molar-refractivity contribution in [3.63, 3.8) is 0 Å². The van der Waals surface area contributed by atoms with Crippen LogP contribution in [0.25, 0.3) is 21.8 Å². The molecule has 3 heteroatoms. The predicted molar refractivity (Wildman–Crippen MR) is 48.1 cm³/mol. The molecule has 1 radical (unpaired) electrons. The summed E-state index contributed by atoms with van der Waals surface area (Å²) >= 11 is 0. The van der Waals surface area contributed by atoms with Gasteiger partial charge in [-0.05, 0) is 0 Å². The number of aromatic nitrogens is 2. The lowest BCUT2D eigenvalue weighted by Gasteiger charge is -1.93. The Bertz CT molecular complexity index is 571. The lowest BCUT2D eigenvalue weighted by atomic mass is 10.2. The van der Waals surface area contributed by atoms with Crippen molar-refractivity contribution in [1.29, 1.82) is 0 Å². The van der Waals surface area contributed by atoms with Crippen LogP contribution >= 0.6 is 0 Å². The van der Waals surface area contributed by atoms with Gasteiger partial charge in [-0.15, -0.1) is 10.2 Å². The fourth-order valence-electron chi connectivity index (χ4n) is 1.40. The van der Waals surface area contributed by atoms with Gasteiger partial charge in [0.1, 0.15) is 23.6 Å². The molecule has 0 fully saturated rings. The fraction of sp³-hybridized carbons (Fsp3) is 0. The lowest BCUT2D eigenvalue weighted by Crippen LogP contribution is -1.83. The predicted octanol–water partition coefficient (Wildman–Crippen LogP) is 2.18. The van der Waals surface area contributed by atoms with Crippen LogP contribution in [0.4, 0.5) is 0 Å². The van der Waals surface area contributed by atoms with Crippen LogP contribution in [0.15, 0.2) is 35.1 Å². The highest BCUT2D eigenvalue weighted by Crippen LogP contribution is 2.21. The minimum atomic E-state index is 0.774. The maximum Gasteiger partial charge on any atom is 0.132 e. The molecular formula is C10H5N2O. The van der Waals surface area contributed by atoms with Gasteiger partial charge >= 0.3 is 0 Å². The number of hydrogen-bond donors (Lipinski definition) is 0. The SMILES string of the molecule is [c]1cccc2c1nnc1cocc12. The minimum Gasteiger partial charge on any atom is -0.470 e. The van der Waals surface area contributed by atoms with Gasteiger partial charge in [-0.1, -0.05) is 18.2 Å². The van der Waals surface area contributed by atoms with Gasteiger partial charge in [0.15, 0.2) is 0 Å². The van der Waals surface area contributed by atoms with Crippen LogP contribution in [0.1, 0.15) is 0 Å². The van der Waals surface area contributed by atoms with Crippen molar-refractivity contribution in [2.75, 3.05) is 0 Å². The van der Waals surface area contributed by atoms with Gasteiger partial charge in [0.05, 0.1) is 0 Å². The Kier molecular flexibility index (Phi) is 1.16. The third-order valence-electron chi connectivity index (χ3n) is 2.02. The van der Waals surface area contributed by atoms with E-state index in [0.717, 1.165) is 21.8 Å². The number of rotatable bonds is 0. The number of furan rings is 1. The standard InChI is InChI=1S/C10H5N2O/c1-2-4-9-7(3-1)8-5-13-6-10(8)12-11-9/h1-3,5-6H. The molecule has 3 rings (SSSR count). The highest BCUT2D eigenvalue weighted by atomic mass is 16.3. The average molecular weight is 169 g/mol. The Morgan fingerprint density at radius 2 is 2.15 bits per heavy atom. The summed E-state index contributed by atoms with van der Waals surface area (Å²) in [7, 11) is 0. The van der Waals surface area contributed by atoms with Crippen molar-refractivity contribution in [3.05, 3.63) is 36.8 Å². The van der Waals surface area contributed by atoms with Crippen molar-refractivity contribution in [2.45, 2.75) is 0 Å². The van der Waals surface area contributed by atoms with Gasteiger partial charge in [0, 0.05) is 16.8 Å². The molecule has 0 saturated heterocycles. The first-order chi connectivity index (χ1) is 6.45. The van der Waals surface area contributed by atoms with Crippen molar-refractivity contribution in [3.8, 4) is 0 Å². The first kappa shape index (κ1) is 6.60. The largest absolute Gasteiger partial charge is 0.470 e. The van der Waals surface area contributed by atoms with E-state index in [9.17, 15) is 0 Å². The summed E-state index contributed by atoms with van der Waals surface area (Å²) in [6, 6.07) is 8.75. The lowest BCUT2D eigenvalue weighted by molar-refractivity contribution is 0.571. The molecule has 2 heterocycles. The molecular weight excluding hydrogens is 164 g/mol. The molecule has 0 aliphatic rings.